The number of hydrogen-bond acceptors (Lipinski definition) is 3. The van der Waals surface area contributed by atoms with Crippen LogP contribution in [0.3, 0.4) is 0 Å². The summed E-state index contributed by atoms with van der Waals surface area (Å²) in [6, 6.07) is 2.37. The highest BCUT2D eigenvalue weighted by atomic mass is 16.6. The molecule has 1 aliphatic rings. The quantitative estimate of drug-likeness (QED) is 0.705. The van der Waals surface area contributed by atoms with Crippen molar-refractivity contribution in [1.29, 1.82) is 5.26 Å². The van der Waals surface area contributed by atoms with Crippen molar-refractivity contribution in [1.82, 2.24) is 4.90 Å². The Balaban J connectivity index is 2.52. The molecule has 96 valence electrons. The van der Waals surface area contributed by atoms with Crippen molar-refractivity contribution in [2.24, 2.45) is 5.92 Å². The molecule has 0 aromatic rings. The predicted octanol–water partition coefficient (Wildman–Crippen LogP) is 2.94. The van der Waals surface area contributed by atoms with Gasteiger partial charge in [-0.2, -0.15) is 5.26 Å². The van der Waals surface area contributed by atoms with Crippen LogP contribution < -0.4 is 0 Å². The van der Waals surface area contributed by atoms with Gasteiger partial charge in [-0.25, -0.2) is 4.79 Å². The molecule has 0 radical (unpaired) electrons. The summed E-state index contributed by atoms with van der Waals surface area (Å²) in [5, 5.41) is 8.68. The van der Waals surface area contributed by atoms with E-state index >= 15 is 0 Å². The van der Waals surface area contributed by atoms with Gasteiger partial charge in [0.05, 0.1) is 6.07 Å². The van der Waals surface area contributed by atoms with Gasteiger partial charge in [0.1, 0.15) is 5.60 Å². The number of ether oxygens (including phenoxy) is 1. The predicted molar refractivity (Wildman–Crippen MR) is 65.4 cm³/mol. The van der Waals surface area contributed by atoms with Crippen LogP contribution in [0.5, 0.6) is 0 Å². The van der Waals surface area contributed by atoms with Crippen molar-refractivity contribution in [2.75, 3.05) is 6.54 Å². The van der Waals surface area contributed by atoms with Gasteiger partial charge < -0.3 is 9.64 Å². The van der Waals surface area contributed by atoms with Crippen LogP contribution in [0.2, 0.25) is 0 Å². The lowest BCUT2D eigenvalue weighted by Crippen LogP contribution is -2.46. The maximum absolute atomic E-state index is 11.9. The fourth-order valence-electron chi connectivity index (χ4n) is 2.18. The fraction of sp³-hybridized carbons (Fsp3) is 0.846. The van der Waals surface area contributed by atoms with Gasteiger partial charge in [0, 0.05) is 19.0 Å². The van der Waals surface area contributed by atoms with Crippen LogP contribution in [0.15, 0.2) is 0 Å². The molecule has 4 nitrogen and oxygen atoms in total. The van der Waals surface area contributed by atoms with Crippen LogP contribution in [0.1, 0.15) is 47.0 Å². The number of hydrogen-bond donors (Lipinski definition) is 0. The Bertz CT molecular complexity index is 314. The maximum Gasteiger partial charge on any atom is 0.410 e. The molecule has 0 aromatic carbocycles. The third-order valence-corrected chi connectivity index (χ3v) is 2.99. The molecule has 17 heavy (non-hydrogen) atoms. The number of carbonyl (C=O) groups is 1. The minimum atomic E-state index is -0.444. The van der Waals surface area contributed by atoms with Crippen molar-refractivity contribution in [3.8, 4) is 6.07 Å². The van der Waals surface area contributed by atoms with Gasteiger partial charge in [-0.05, 0) is 46.5 Å². The number of nitrogens with zero attached hydrogens (tertiary/aromatic N) is 2. The summed E-state index contributed by atoms with van der Waals surface area (Å²) in [5.41, 5.74) is -0.444. The Morgan fingerprint density at radius 2 is 2.18 bits per heavy atom. The van der Waals surface area contributed by atoms with Gasteiger partial charge in [0.2, 0.25) is 0 Å². The Hall–Kier alpha value is -1.24. The number of carbonyl (C=O) groups excluding carboxylic acids is 1. The second kappa shape index (κ2) is 5.39. The van der Waals surface area contributed by atoms with Gasteiger partial charge >= 0.3 is 6.09 Å². The van der Waals surface area contributed by atoms with Gasteiger partial charge in [0.15, 0.2) is 0 Å². The van der Waals surface area contributed by atoms with Crippen LogP contribution >= 0.6 is 0 Å². The fourth-order valence-corrected chi connectivity index (χ4v) is 2.18. The molecule has 4 heteroatoms. The molecule has 0 bridgehead atoms. The van der Waals surface area contributed by atoms with Crippen molar-refractivity contribution >= 4 is 6.09 Å². The molecule has 1 fully saturated rings. The van der Waals surface area contributed by atoms with Gasteiger partial charge in [-0.15, -0.1) is 0 Å². The largest absolute Gasteiger partial charge is 0.444 e. The van der Waals surface area contributed by atoms with E-state index in [1.807, 2.05) is 27.7 Å². The first-order chi connectivity index (χ1) is 7.83. The van der Waals surface area contributed by atoms with Crippen molar-refractivity contribution in [2.45, 2.75) is 58.6 Å². The van der Waals surface area contributed by atoms with E-state index in [1.54, 1.807) is 4.90 Å². The van der Waals surface area contributed by atoms with Crippen LogP contribution in [0, 0.1) is 17.2 Å². The summed E-state index contributed by atoms with van der Waals surface area (Å²) in [7, 11) is 0. The lowest BCUT2D eigenvalue weighted by atomic mass is 9.90. The van der Waals surface area contributed by atoms with Crippen LogP contribution in [0.4, 0.5) is 4.79 Å². The van der Waals surface area contributed by atoms with Gasteiger partial charge in [-0.3, -0.25) is 0 Å². The Morgan fingerprint density at radius 1 is 1.53 bits per heavy atom. The van der Waals surface area contributed by atoms with Crippen molar-refractivity contribution in [3.05, 3.63) is 0 Å². The summed E-state index contributed by atoms with van der Waals surface area (Å²) in [6.45, 7) is 8.34. The molecule has 2 atom stereocenters. The summed E-state index contributed by atoms with van der Waals surface area (Å²) < 4.78 is 5.36. The molecule has 1 aliphatic heterocycles. The molecule has 1 saturated heterocycles. The third-order valence-electron chi connectivity index (χ3n) is 2.99. The zero-order valence-corrected chi connectivity index (χ0v) is 11.2. The molecule has 0 saturated carbocycles. The van der Waals surface area contributed by atoms with E-state index in [2.05, 4.69) is 6.07 Å². The minimum absolute atomic E-state index is 0.164. The average Bonchev–Trinajstić information content (AvgIpc) is 2.15. The second-order valence-electron chi connectivity index (χ2n) is 5.78. The molecule has 0 spiro atoms. The molecule has 1 heterocycles. The minimum Gasteiger partial charge on any atom is -0.444 e. The van der Waals surface area contributed by atoms with E-state index < -0.39 is 5.60 Å². The summed E-state index contributed by atoms with van der Waals surface area (Å²) >= 11 is 0. The van der Waals surface area contributed by atoms with Gasteiger partial charge in [0.25, 0.3) is 0 Å². The highest BCUT2D eigenvalue weighted by molar-refractivity contribution is 5.68. The van der Waals surface area contributed by atoms with E-state index in [-0.39, 0.29) is 12.1 Å². The molecule has 2 unspecified atom stereocenters. The lowest BCUT2D eigenvalue weighted by molar-refractivity contribution is 0.00739. The van der Waals surface area contributed by atoms with E-state index in [0.29, 0.717) is 18.9 Å². The molecule has 0 N–H and O–H groups in total. The summed E-state index contributed by atoms with van der Waals surface area (Å²) in [6.07, 6.45) is 2.15. The number of piperidine rings is 1. The number of amides is 1. The monoisotopic (exact) mass is 238 g/mol. The molecule has 0 aromatic heterocycles. The van der Waals surface area contributed by atoms with E-state index in [1.165, 1.54) is 0 Å². The lowest BCUT2D eigenvalue weighted by Gasteiger charge is -2.37. The zero-order chi connectivity index (χ0) is 13.1. The standard InChI is InChI=1S/C13H22N2O2/c1-10-9-11(5-7-14)6-8-15(10)12(16)17-13(2,3)4/h10-11H,5-6,8-9H2,1-4H3. The van der Waals surface area contributed by atoms with Crippen LogP contribution in [-0.2, 0) is 4.74 Å². The summed E-state index contributed by atoms with van der Waals surface area (Å²) in [4.78, 5) is 13.7. The first kappa shape index (κ1) is 13.8. The summed E-state index contributed by atoms with van der Waals surface area (Å²) in [5.74, 6) is 0.425. The van der Waals surface area contributed by atoms with Crippen molar-refractivity contribution < 1.29 is 9.53 Å². The Labute approximate surface area is 104 Å². The van der Waals surface area contributed by atoms with E-state index in [9.17, 15) is 4.79 Å². The molecule has 1 rings (SSSR count). The highest BCUT2D eigenvalue weighted by Gasteiger charge is 2.31. The molecular formula is C13H22N2O2. The number of rotatable bonds is 1. The molecule has 0 aliphatic carbocycles. The third kappa shape index (κ3) is 4.26. The van der Waals surface area contributed by atoms with Gasteiger partial charge in [-0.1, -0.05) is 0 Å². The zero-order valence-electron chi connectivity index (χ0n) is 11.2. The van der Waals surface area contributed by atoms with Crippen molar-refractivity contribution in [3.63, 3.8) is 0 Å². The number of likely N-dealkylation sites (tertiary alicyclic amines) is 1. The topological polar surface area (TPSA) is 53.3 Å². The average molecular weight is 238 g/mol. The normalized spacial score (nSPS) is 25.2. The van der Waals surface area contributed by atoms with E-state index in [0.717, 1.165) is 12.8 Å². The Morgan fingerprint density at radius 3 is 2.65 bits per heavy atom. The highest BCUT2D eigenvalue weighted by Crippen LogP contribution is 2.26. The van der Waals surface area contributed by atoms with Crippen LogP contribution in [-0.4, -0.2) is 29.2 Å². The molecule has 1 amide bonds. The first-order valence-corrected chi connectivity index (χ1v) is 6.20. The maximum atomic E-state index is 11.9. The first-order valence-electron chi connectivity index (χ1n) is 6.20. The SMILES string of the molecule is CC1CC(CC#N)CCN1C(=O)OC(C)(C)C. The molecular weight excluding hydrogens is 216 g/mol. The van der Waals surface area contributed by atoms with E-state index in [4.69, 9.17) is 10.00 Å². The Kier molecular flexibility index (Phi) is 4.39. The van der Waals surface area contributed by atoms with Crippen LogP contribution in [0.25, 0.3) is 0 Å². The number of nitriles is 1. The second-order valence-corrected chi connectivity index (χ2v) is 5.78. The smallest absolute Gasteiger partial charge is 0.410 e.